The van der Waals surface area contributed by atoms with Gasteiger partial charge in [0, 0.05) is 12.2 Å². The number of hydrogen-bond donors (Lipinski definition) is 2. The molecule has 0 aliphatic heterocycles. The van der Waals surface area contributed by atoms with Gasteiger partial charge in [-0.05, 0) is 45.1 Å². The Morgan fingerprint density at radius 2 is 2.00 bits per heavy atom. The summed E-state index contributed by atoms with van der Waals surface area (Å²) in [5, 5.41) is 2.92. The summed E-state index contributed by atoms with van der Waals surface area (Å²) >= 11 is 0. The molecule has 0 radical (unpaired) electrons. The second-order valence-electron chi connectivity index (χ2n) is 4.73. The molecular formula is C15H25N3O. The molecule has 4 nitrogen and oxygen atoms in total. The Bertz CT molecular complexity index is 414. The molecule has 19 heavy (non-hydrogen) atoms. The minimum absolute atomic E-state index is 0.0826. The predicted molar refractivity (Wildman–Crippen MR) is 80.3 cm³/mol. The van der Waals surface area contributed by atoms with E-state index in [1.807, 2.05) is 19.1 Å². The fraction of sp³-hybridized carbons (Fsp3) is 0.533. The topological polar surface area (TPSA) is 58.4 Å². The smallest absolute Gasteiger partial charge is 0.253 e. The van der Waals surface area contributed by atoms with Crippen molar-refractivity contribution in [2.24, 2.45) is 0 Å². The molecule has 4 heteroatoms. The number of amides is 1. The second kappa shape index (κ2) is 7.79. The quantitative estimate of drug-likeness (QED) is 0.584. The van der Waals surface area contributed by atoms with E-state index in [1.165, 1.54) is 0 Å². The summed E-state index contributed by atoms with van der Waals surface area (Å²) in [6.07, 6.45) is 0.957. The van der Waals surface area contributed by atoms with Gasteiger partial charge in [0.25, 0.3) is 5.91 Å². The van der Waals surface area contributed by atoms with Gasteiger partial charge >= 0.3 is 0 Å². The van der Waals surface area contributed by atoms with Crippen molar-refractivity contribution in [3.8, 4) is 0 Å². The third-order valence-electron chi connectivity index (χ3n) is 3.28. The first kappa shape index (κ1) is 15.5. The van der Waals surface area contributed by atoms with Gasteiger partial charge in [0.2, 0.25) is 0 Å². The zero-order chi connectivity index (χ0) is 14.3. The number of nitrogens with two attached hydrogens (primary N) is 1. The summed E-state index contributed by atoms with van der Waals surface area (Å²) < 4.78 is 0. The summed E-state index contributed by atoms with van der Waals surface area (Å²) in [7, 11) is 0. The van der Waals surface area contributed by atoms with Crippen LogP contribution in [0.3, 0.4) is 0 Å². The Morgan fingerprint density at radius 3 is 2.63 bits per heavy atom. The lowest BCUT2D eigenvalue weighted by Crippen LogP contribution is -2.30. The largest absolute Gasteiger partial charge is 0.398 e. The number of carbonyl (C=O) groups is 1. The van der Waals surface area contributed by atoms with Crippen LogP contribution in [0.4, 0.5) is 5.69 Å². The normalized spacial score (nSPS) is 10.7. The summed E-state index contributed by atoms with van der Waals surface area (Å²) in [5.41, 5.74) is 7.97. The number of carbonyl (C=O) groups excluding carboxylic acids is 1. The maximum atomic E-state index is 12.0. The van der Waals surface area contributed by atoms with Crippen molar-refractivity contribution in [2.75, 3.05) is 31.9 Å². The molecule has 0 fully saturated rings. The van der Waals surface area contributed by atoms with E-state index in [0.29, 0.717) is 17.8 Å². The van der Waals surface area contributed by atoms with E-state index >= 15 is 0 Å². The molecule has 0 saturated heterocycles. The standard InChI is InChI=1S/C15H25N3O/c1-4-18(5-2)10-6-9-17-15(19)13-11-12(3)7-8-14(13)16/h7-8,11H,4-6,9-10,16H2,1-3H3,(H,17,19). The predicted octanol–water partition coefficient (Wildman–Crippen LogP) is 2.04. The highest BCUT2D eigenvalue weighted by molar-refractivity contribution is 5.99. The summed E-state index contributed by atoms with van der Waals surface area (Å²) in [4.78, 5) is 14.3. The van der Waals surface area contributed by atoms with E-state index in [0.717, 1.165) is 31.6 Å². The van der Waals surface area contributed by atoms with Gasteiger partial charge in [0.1, 0.15) is 0 Å². The molecule has 0 aliphatic rings. The Labute approximate surface area is 116 Å². The lowest BCUT2D eigenvalue weighted by atomic mass is 10.1. The lowest BCUT2D eigenvalue weighted by molar-refractivity contribution is 0.0952. The molecule has 0 atom stereocenters. The van der Waals surface area contributed by atoms with Gasteiger partial charge in [-0.1, -0.05) is 25.5 Å². The van der Waals surface area contributed by atoms with Crippen LogP contribution in [0.25, 0.3) is 0 Å². The number of anilines is 1. The highest BCUT2D eigenvalue weighted by atomic mass is 16.1. The van der Waals surface area contributed by atoms with Crippen molar-refractivity contribution in [1.29, 1.82) is 0 Å². The van der Waals surface area contributed by atoms with Crippen molar-refractivity contribution in [2.45, 2.75) is 27.2 Å². The van der Waals surface area contributed by atoms with Crippen LogP contribution in [0, 0.1) is 6.92 Å². The van der Waals surface area contributed by atoms with E-state index in [1.54, 1.807) is 6.07 Å². The Morgan fingerprint density at radius 1 is 1.32 bits per heavy atom. The van der Waals surface area contributed by atoms with Crippen LogP contribution >= 0.6 is 0 Å². The van der Waals surface area contributed by atoms with E-state index in [4.69, 9.17) is 5.73 Å². The second-order valence-corrected chi connectivity index (χ2v) is 4.73. The number of hydrogen-bond acceptors (Lipinski definition) is 3. The van der Waals surface area contributed by atoms with Crippen LogP contribution in [0.15, 0.2) is 18.2 Å². The molecule has 0 bridgehead atoms. The first-order chi connectivity index (χ1) is 9.08. The highest BCUT2D eigenvalue weighted by Gasteiger charge is 2.09. The Balaban J connectivity index is 2.41. The van der Waals surface area contributed by atoms with Crippen LogP contribution in [0.2, 0.25) is 0 Å². The number of nitrogens with one attached hydrogen (secondary N) is 1. The maximum Gasteiger partial charge on any atom is 0.253 e. The fourth-order valence-electron chi connectivity index (χ4n) is 2.01. The van der Waals surface area contributed by atoms with Crippen LogP contribution in [-0.4, -0.2) is 37.0 Å². The van der Waals surface area contributed by atoms with E-state index in [2.05, 4.69) is 24.1 Å². The summed E-state index contributed by atoms with van der Waals surface area (Å²) in [6, 6.07) is 5.52. The zero-order valence-corrected chi connectivity index (χ0v) is 12.2. The molecule has 1 aromatic carbocycles. The van der Waals surface area contributed by atoms with E-state index in [-0.39, 0.29) is 5.91 Å². The average molecular weight is 263 g/mol. The number of nitrogens with zero attached hydrogens (tertiary/aromatic N) is 1. The number of rotatable bonds is 7. The average Bonchev–Trinajstić information content (AvgIpc) is 2.41. The number of nitrogen functional groups attached to an aromatic ring is 1. The third kappa shape index (κ3) is 4.91. The van der Waals surface area contributed by atoms with Gasteiger partial charge in [-0.15, -0.1) is 0 Å². The molecule has 1 amide bonds. The molecule has 0 heterocycles. The molecule has 0 saturated carbocycles. The first-order valence-corrected chi connectivity index (χ1v) is 6.95. The summed E-state index contributed by atoms with van der Waals surface area (Å²) in [5.74, 6) is -0.0826. The molecule has 0 unspecified atom stereocenters. The van der Waals surface area contributed by atoms with Gasteiger partial charge in [-0.2, -0.15) is 0 Å². The van der Waals surface area contributed by atoms with Gasteiger partial charge in [-0.25, -0.2) is 0 Å². The Kier molecular flexibility index (Phi) is 6.36. The minimum Gasteiger partial charge on any atom is -0.398 e. The Hall–Kier alpha value is -1.55. The van der Waals surface area contributed by atoms with Crippen molar-refractivity contribution in [3.63, 3.8) is 0 Å². The highest BCUT2D eigenvalue weighted by Crippen LogP contribution is 2.13. The molecule has 3 N–H and O–H groups in total. The van der Waals surface area contributed by atoms with Crippen LogP contribution in [-0.2, 0) is 0 Å². The zero-order valence-electron chi connectivity index (χ0n) is 12.2. The molecule has 106 valence electrons. The van der Waals surface area contributed by atoms with Crippen LogP contribution < -0.4 is 11.1 Å². The van der Waals surface area contributed by atoms with E-state index < -0.39 is 0 Å². The third-order valence-corrected chi connectivity index (χ3v) is 3.28. The van der Waals surface area contributed by atoms with Gasteiger partial charge in [0.05, 0.1) is 5.56 Å². The van der Waals surface area contributed by atoms with Crippen LogP contribution in [0.1, 0.15) is 36.2 Å². The minimum atomic E-state index is -0.0826. The molecule has 0 aliphatic carbocycles. The molecule has 1 aromatic rings. The van der Waals surface area contributed by atoms with Crippen LogP contribution in [0.5, 0.6) is 0 Å². The van der Waals surface area contributed by atoms with Crippen molar-refractivity contribution < 1.29 is 4.79 Å². The maximum absolute atomic E-state index is 12.0. The number of benzene rings is 1. The number of aryl methyl sites for hydroxylation is 1. The molecule has 0 aromatic heterocycles. The molecule has 1 rings (SSSR count). The van der Waals surface area contributed by atoms with Crippen molar-refractivity contribution in [1.82, 2.24) is 10.2 Å². The molecule has 0 spiro atoms. The molecular weight excluding hydrogens is 238 g/mol. The van der Waals surface area contributed by atoms with Gasteiger partial charge in [0.15, 0.2) is 0 Å². The lowest BCUT2D eigenvalue weighted by Gasteiger charge is -2.17. The van der Waals surface area contributed by atoms with Crippen molar-refractivity contribution in [3.05, 3.63) is 29.3 Å². The van der Waals surface area contributed by atoms with Crippen molar-refractivity contribution >= 4 is 11.6 Å². The first-order valence-electron chi connectivity index (χ1n) is 6.95. The SMILES string of the molecule is CCN(CC)CCCNC(=O)c1cc(C)ccc1N. The summed E-state index contributed by atoms with van der Waals surface area (Å²) in [6.45, 7) is 10.0. The van der Waals surface area contributed by atoms with E-state index in [9.17, 15) is 4.79 Å². The van der Waals surface area contributed by atoms with Gasteiger partial charge in [-0.3, -0.25) is 4.79 Å². The monoisotopic (exact) mass is 263 g/mol. The van der Waals surface area contributed by atoms with Gasteiger partial charge < -0.3 is 16.0 Å². The fourth-order valence-corrected chi connectivity index (χ4v) is 2.01.